The molecule has 2 aromatic rings. The van der Waals surface area contributed by atoms with Gasteiger partial charge in [-0.25, -0.2) is 0 Å². The van der Waals surface area contributed by atoms with Crippen LogP contribution in [0.2, 0.25) is 0 Å². The Morgan fingerprint density at radius 2 is 2.05 bits per heavy atom. The first-order valence-electron chi connectivity index (χ1n) is 6.41. The lowest BCUT2D eigenvalue weighted by atomic mass is 9.95. The highest BCUT2D eigenvalue weighted by molar-refractivity contribution is 7.06. The smallest absolute Gasteiger partial charge is 0.122 e. The van der Waals surface area contributed by atoms with E-state index in [2.05, 4.69) is 43.3 Å². The summed E-state index contributed by atoms with van der Waals surface area (Å²) in [5, 5.41) is 0. The third kappa shape index (κ3) is 2.80. The van der Waals surface area contributed by atoms with Crippen molar-refractivity contribution in [2.45, 2.75) is 33.2 Å². The second-order valence-electron chi connectivity index (χ2n) is 4.95. The van der Waals surface area contributed by atoms with Crippen molar-refractivity contribution in [1.29, 1.82) is 0 Å². The Morgan fingerprint density at radius 1 is 1.32 bits per heavy atom. The van der Waals surface area contributed by atoms with E-state index in [1.165, 1.54) is 28.2 Å². The first kappa shape index (κ1) is 14.0. The van der Waals surface area contributed by atoms with Crippen LogP contribution < -0.4 is 10.5 Å². The highest BCUT2D eigenvalue weighted by Gasteiger charge is 2.14. The van der Waals surface area contributed by atoms with E-state index >= 15 is 0 Å². The van der Waals surface area contributed by atoms with Gasteiger partial charge in [-0.2, -0.15) is 4.37 Å². The standard InChI is InChI=1S/C15H20N2OS/c1-9(2)12-7-13(10(3)5-15(12)18-4)14-6-11(8-16)19-17-14/h5-7,9H,8,16H2,1-4H3. The lowest BCUT2D eigenvalue weighted by Gasteiger charge is -2.15. The molecule has 0 bridgehead atoms. The predicted molar refractivity (Wildman–Crippen MR) is 80.8 cm³/mol. The average molecular weight is 276 g/mol. The zero-order valence-corrected chi connectivity index (χ0v) is 12.7. The summed E-state index contributed by atoms with van der Waals surface area (Å²) >= 11 is 1.47. The van der Waals surface area contributed by atoms with Crippen molar-refractivity contribution in [1.82, 2.24) is 4.37 Å². The van der Waals surface area contributed by atoms with Gasteiger partial charge in [0.15, 0.2) is 0 Å². The fourth-order valence-electron chi connectivity index (χ4n) is 2.14. The number of ether oxygens (including phenoxy) is 1. The minimum Gasteiger partial charge on any atom is -0.496 e. The molecule has 1 aromatic heterocycles. The highest BCUT2D eigenvalue weighted by Crippen LogP contribution is 2.34. The maximum Gasteiger partial charge on any atom is 0.122 e. The number of aryl methyl sites for hydroxylation is 1. The predicted octanol–water partition coefficient (Wildman–Crippen LogP) is 3.71. The van der Waals surface area contributed by atoms with Crippen LogP contribution in [0.25, 0.3) is 11.3 Å². The molecular formula is C15H20N2OS. The van der Waals surface area contributed by atoms with Crippen LogP contribution in [0.4, 0.5) is 0 Å². The zero-order valence-electron chi connectivity index (χ0n) is 11.9. The Hall–Kier alpha value is -1.39. The summed E-state index contributed by atoms with van der Waals surface area (Å²) in [6.07, 6.45) is 0. The van der Waals surface area contributed by atoms with Crippen LogP contribution >= 0.6 is 11.5 Å². The highest BCUT2D eigenvalue weighted by atomic mass is 32.1. The molecule has 4 heteroatoms. The lowest BCUT2D eigenvalue weighted by molar-refractivity contribution is 0.407. The Labute approximate surface area is 118 Å². The van der Waals surface area contributed by atoms with Gasteiger partial charge in [0.05, 0.1) is 12.8 Å². The Morgan fingerprint density at radius 3 is 2.58 bits per heavy atom. The summed E-state index contributed by atoms with van der Waals surface area (Å²) in [6, 6.07) is 6.35. The summed E-state index contributed by atoms with van der Waals surface area (Å²) < 4.78 is 9.96. The summed E-state index contributed by atoms with van der Waals surface area (Å²) in [7, 11) is 1.72. The number of nitrogens with two attached hydrogens (primary N) is 1. The number of benzene rings is 1. The summed E-state index contributed by atoms with van der Waals surface area (Å²) in [5.74, 6) is 1.37. The molecule has 0 saturated carbocycles. The van der Waals surface area contributed by atoms with Crippen LogP contribution in [0, 0.1) is 6.92 Å². The van der Waals surface area contributed by atoms with Crippen molar-refractivity contribution in [2.75, 3.05) is 7.11 Å². The van der Waals surface area contributed by atoms with Crippen LogP contribution in [-0.4, -0.2) is 11.5 Å². The Bertz CT molecular complexity index is 576. The van der Waals surface area contributed by atoms with Crippen molar-refractivity contribution >= 4 is 11.5 Å². The number of hydrogen-bond acceptors (Lipinski definition) is 4. The third-order valence-corrected chi connectivity index (χ3v) is 4.04. The van der Waals surface area contributed by atoms with Crippen LogP contribution in [-0.2, 0) is 6.54 Å². The molecule has 0 aliphatic carbocycles. The maximum atomic E-state index is 5.65. The fraction of sp³-hybridized carbons (Fsp3) is 0.400. The molecule has 102 valence electrons. The molecular weight excluding hydrogens is 256 g/mol. The quantitative estimate of drug-likeness (QED) is 0.926. The van der Waals surface area contributed by atoms with Crippen LogP contribution in [0.3, 0.4) is 0 Å². The van der Waals surface area contributed by atoms with Crippen LogP contribution in [0.15, 0.2) is 18.2 Å². The summed E-state index contributed by atoms with van der Waals surface area (Å²) in [6.45, 7) is 6.97. The molecule has 0 saturated heterocycles. The van der Waals surface area contributed by atoms with Gasteiger partial charge >= 0.3 is 0 Å². The van der Waals surface area contributed by atoms with Gasteiger partial charge in [0, 0.05) is 17.0 Å². The van der Waals surface area contributed by atoms with Gasteiger partial charge in [0.1, 0.15) is 5.75 Å². The molecule has 0 fully saturated rings. The SMILES string of the molecule is COc1cc(C)c(-c2cc(CN)sn2)cc1C(C)C. The summed E-state index contributed by atoms with van der Waals surface area (Å²) in [5.41, 5.74) is 10.2. The monoisotopic (exact) mass is 276 g/mol. The van der Waals surface area contributed by atoms with Gasteiger partial charge in [-0.05, 0) is 53.7 Å². The van der Waals surface area contributed by atoms with E-state index in [0.717, 1.165) is 16.3 Å². The zero-order chi connectivity index (χ0) is 14.0. The van der Waals surface area contributed by atoms with Gasteiger partial charge in [-0.15, -0.1) is 0 Å². The Balaban J connectivity index is 2.54. The molecule has 19 heavy (non-hydrogen) atoms. The molecule has 0 aliphatic heterocycles. The lowest BCUT2D eigenvalue weighted by Crippen LogP contribution is -1.97. The van der Waals surface area contributed by atoms with Crippen LogP contribution in [0.5, 0.6) is 5.75 Å². The van der Waals surface area contributed by atoms with E-state index in [-0.39, 0.29) is 0 Å². The van der Waals surface area contributed by atoms with Crippen molar-refractivity contribution in [3.8, 4) is 17.0 Å². The first-order valence-corrected chi connectivity index (χ1v) is 7.18. The van der Waals surface area contributed by atoms with Crippen molar-refractivity contribution < 1.29 is 4.74 Å². The molecule has 0 amide bonds. The minimum atomic E-state index is 0.418. The second kappa shape index (κ2) is 5.72. The van der Waals surface area contributed by atoms with Gasteiger partial charge in [0.2, 0.25) is 0 Å². The molecule has 0 spiro atoms. The Kier molecular flexibility index (Phi) is 4.22. The molecule has 0 radical (unpaired) electrons. The van der Waals surface area contributed by atoms with E-state index in [1.807, 2.05) is 0 Å². The van der Waals surface area contributed by atoms with Crippen LogP contribution in [0.1, 0.15) is 35.8 Å². The van der Waals surface area contributed by atoms with Gasteiger partial charge in [0.25, 0.3) is 0 Å². The first-order chi connectivity index (χ1) is 9.06. The van der Waals surface area contributed by atoms with Crippen molar-refractivity contribution in [2.24, 2.45) is 5.73 Å². The normalized spacial score (nSPS) is 11.1. The molecule has 0 unspecified atom stereocenters. The number of methoxy groups -OCH3 is 1. The van der Waals surface area contributed by atoms with E-state index < -0.39 is 0 Å². The van der Waals surface area contributed by atoms with E-state index in [4.69, 9.17) is 10.5 Å². The minimum absolute atomic E-state index is 0.418. The van der Waals surface area contributed by atoms with Gasteiger partial charge in [-0.3, -0.25) is 0 Å². The molecule has 1 aromatic carbocycles. The molecule has 3 nitrogen and oxygen atoms in total. The van der Waals surface area contributed by atoms with Gasteiger partial charge in [-0.1, -0.05) is 13.8 Å². The largest absolute Gasteiger partial charge is 0.496 e. The average Bonchev–Trinajstić information content (AvgIpc) is 2.86. The third-order valence-electron chi connectivity index (χ3n) is 3.23. The van der Waals surface area contributed by atoms with Crippen molar-refractivity contribution in [3.63, 3.8) is 0 Å². The molecule has 2 N–H and O–H groups in total. The molecule has 1 heterocycles. The van der Waals surface area contributed by atoms with Crippen molar-refractivity contribution in [3.05, 3.63) is 34.2 Å². The number of hydrogen-bond donors (Lipinski definition) is 1. The fourth-order valence-corrected chi connectivity index (χ4v) is 2.74. The summed E-state index contributed by atoms with van der Waals surface area (Å²) in [4.78, 5) is 1.11. The number of nitrogens with zero attached hydrogens (tertiary/aromatic N) is 1. The van der Waals surface area contributed by atoms with E-state index in [1.54, 1.807) is 7.11 Å². The molecule has 0 aliphatic rings. The van der Waals surface area contributed by atoms with E-state index in [0.29, 0.717) is 12.5 Å². The maximum absolute atomic E-state index is 5.65. The van der Waals surface area contributed by atoms with E-state index in [9.17, 15) is 0 Å². The number of aromatic nitrogens is 1. The number of rotatable bonds is 4. The van der Waals surface area contributed by atoms with Gasteiger partial charge < -0.3 is 10.5 Å². The second-order valence-corrected chi connectivity index (χ2v) is 5.84. The molecule has 0 atom stereocenters. The molecule has 2 rings (SSSR count). The topological polar surface area (TPSA) is 48.1 Å².